The first-order chi connectivity index (χ1) is 10.1. The van der Waals surface area contributed by atoms with Gasteiger partial charge in [0, 0.05) is 12.5 Å². The quantitative estimate of drug-likeness (QED) is 0.866. The molecule has 0 aromatic carbocycles. The van der Waals surface area contributed by atoms with E-state index in [0.29, 0.717) is 12.4 Å². The highest BCUT2D eigenvalue weighted by molar-refractivity contribution is 5.88. The third-order valence-electron chi connectivity index (χ3n) is 3.61. The summed E-state index contributed by atoms with van der Waals surface area (Å²) in [6, 6.07) is 0. The minimum Gasteiger partial charge on any atom is -0.488 e. The van der Waals surface area contributed by atoms with Crippen LogP contribution < -0.4 is 4.74 Å². The van der Waals surface area contributed by atoms with Gasteiger partial charge in [-0.15, -0.1) is 0 Å². The molecular weight excluding hydrogens is 270 g/mol. The number of aromatic nitrogens is 2. The van der Waals surface area contributed by atoms with Gasteiger partial charge in [-0.05, 0) is 25.9 Å². The third kappa shape index (κ3) is 4.39. The molecule has 1 aliphatic heterocycles. The van der Waals surface area contributed by atoms with Crippen LogP contribution in [0.2, 0.25) is 0 Å². The average Bonchev–Trinajstić information content (AvgIpc) is 2.48. The molecule has 2 heterocycles. The van der Waals surface area contributed by atoms with Gasteiger partial charge in [-0.25, -0.2) is 14.8 Å². The Morgan fingerprint density at radius 2 is 2.10 bits per heavy atom. The summed E-state index contributed by atoms with van der Waals surface area (Å²) in [6.45, 7) is 7.32. The van der Waals surface area contributed by atoms with Gasteiger partial charge in [-0.3, -0.25) is 4.90 Å². The third-order valence-corrected chi connectivity index (χ3v) is 3.61. The summed E-state index contributed by atoms with van der Waals surface area (Å²) in [5, 5.41) is 9.24. The molecule has 1 aliphatic rings. The Morgan fingerprint density at radius 3 is 2.71 bits per heavy atom. The molecule has 1 N–H and O–H groups in total. The SMILES string of the molecule is CC(C)c1ncc(OCCN2CCCCC2)c(C(=O)O)n1. The fraction of sp³-hybridized carbons (Fsp3) is 0.667. The van der Waals surface area contributed by atoms with E-state index in [1.54, 1.807) is 0 Å². The van der Waals surface area contributed by atoms with Gasteiger partial charge in [0.2, 0.25) is 0 Å². The largest absolute Gasteiger partial charge is 0.488 e. The molecule has 1 aromatic rings. The van der Waals surface area contributed by atoms with Crippen molar-refractivity contribution in [1.29, 1.82) is 0 Å². The lowest BCUT2D eigenvalue weighted by Crippen LogP contribution is -2.33. The zero-order valence-corrected chi connectivity index (χ0v) is 12.7. The van der Waals surface area contributed by atoms with Crippen LogP contribution in [0.15, 0.2) is 6.20 Å². The maximum absolute atomic E-state index is 11.3. The molecule has 116 valence electrons. The Labute approximate surface area is 125 Å². The Morgan fingerprint density at radius 1 is 1.38 bits per heavy atom. The second-order valence-corrected chi connectivity index (χ2v) is 5.65. The molecule has 0 spiro atoms. The van der Waals surface area contributed by atoms with Crippen LogP contribution in [0.3, 0.4) is 0 Å². The highest BCUT2D eigenvalue weighted by Crippen LogP contribution is 2.18. The van der Waals surface area contributed by atoms with Crippen LogP contribution in [0, 0.1) is 0 Å². The number of likely N-dealkylation sites (tertiary alicyclic amines) is 1. The van der Waals surface area contributed by atoms with Crippen molar-refractivity contribution < 1.29 is 14.6 Å². The number of aromatic carboxylic acids is 1. The lowest BCUT2D eigenvalue weighted by Gasteiger charge is -2.26. The van der Waals surface area contributed by atoms with Crippen LogP contribution in [0.25, 0.3) is 0 Å². The van der Waals surface area contributed by atoms with Gasteiger partial charge in [0.05, 0.1) is 6.20 Å². The highest BCUT2D eigenvalue weighted by atomic mass is 16.5. The number of carbonyl (C=O) groups is 1. The van der Waals surface area contributed by atoms with Gasteiger partial charge in [-0.2, -0.15) is 0 Å². The lowest BCUT2D eigenvalue weighted by molar-refractivity contribution is 0.0683. The fourth-order valence-electron chi connectivity index (χ4n) is 2.39. The van der Waals surface area contributed by atoms with Crippen LogP contribution in [-0.4, -0.2) is 52.2 Å². The molecule has 6 heteroatoms. The first-order valence-electron chi connectivity index (χ1n) is 7.53. The number of piperidine rings is 1. The lowest BCUT2D eigenvalue weighted by atomic mass is 10.1. The van der Waals surface area contributed by atoms with E-state index in [2.05, 4.69) is 14.9 Å². The fourth-order valence-corrected chi connectivity index (χ4v) is 2.39. The van der Waals surface area contributed by atoms with Gasteiger partial charge in [0.25, 0.3) is 0 Å². The summed E-state index contributed by atoms with van der Waals surface area (Å²) in [5.74, 6) is -0.211. The molecule has 21 heavy (non-hydrogen) atoms. The van der Waals surface area contributed by atoms with Crippen molar-refractivity contribution in [2.45, 2.75) is 39.0 Å². The number of hydrogen-bond acceptors (Lipinski definition) is 5. The Bertz CT molecular complexity index is 485. The van der Waals surface area contributed by atoms with E-state index in [9.17, 15) is 9.90 Å². The number of carboxylic acids is 1. The van der Waals surface area contributed by atoms with Gasteiger partial charge in [0.1, 0.15) is 12.4 Å². The molecule has 1 fully saturated rings. The number of hydrogen-bond donors (Lipinski definition) is 1. The topological polar surface area (TPSA) is 75.5 Å². The Kier molecular flexibility index (Phi) is 5.50. The maximum Gasteiger partial charge on any atom is 0.358 e. The molecule has 0 radical (unpaired) electrons. The Balaban J connectivity index is 1.96. The minimum absolute atomic E-state index is 0.0488. The monoisotopic (exact) mass is 293 g/mol. The van der Waals surface area contributed by atoms with E-state index in [1.807, 2.05) is 13.8 Å². The van der Waals surface area contributed by atoms with Crippen LogP contribution in [-0.2, 0) is 0 Å². The van der Waals surface area contributed by atoms with Crippen molar-refractivity contribution in [3.05, 3.63) is 17.7 Å². The molecule has 0 amide bonds. The van der Waals surface area contributed by atoms with Crippen LogP contribution in [0.4, 0.5) is 0 Å². The molecule has 2 rings (SSSR count). The maximum atomic E-state index is 11.3. The first kappa shape index (κ1) is 15.7. The van der Waals surface area contributed by atoms with Crippen LogP contribution in [0.1, 0.15) is 55.3 Å². The molecule has 0 saturated carbocycles. The first-order valence-corrected chi connectivity index (χ1v) is 7.53. The zero-order chi connectivity index (χ0) is 15.2. The van der Waals surface area contributed by atoms with Crippen molar-refractivity contribution in [2.24, 2.45) is 0 Å². The van der Waals surface area contributed by atoms with Crippen LogP contribution >= 0.6 is 0 Å². The van der Waals surface area contributed by atoms with E-state index in [0.717, 1.165) is 19.6 Å². The molecular formula is C15H23N3O3. The molecule has 0 unspecified atom stereocenters. The predicted octanol–water partition coefficient (Wildman–Crippen LogP) is 2.16. The predicted molar refractivity (Wildman–Crippen MR) is 78.9 cm³/mol. The molecule has 1 aromatic heterocycles. The summed E-state index contributed by atoms with van der Waals surface area (Å²) in [4.78, 5) is 21.9. The van der Waals surface area contributed by atoms with Crippen molar-refractivity contribution >= 4 is 5.97 Å². The normalized spacial score (nSPS) is 16.1. The summed E-state index contributed by atoms with van der Waals surface area (Å²) >= 11 is 0. The summed E-state index contributed by atoms with van der Waals surface area (Å²) in [5.41, 5.74) is -0.0488. The van der Waals surface area contributed by atoms with Crippen molar-refractivity contribution in [2.75, 3.05) is 26.2 Å². The summed E-state index contributed by atoms with van der Waals surface area (Å²) < 4.78 is 5.59. The van der Waals surface area contributed by atoms with Gasteiger partial charge < -0.3 is 9.84 Å². The number of nitrogens with zero attached hydrogens (tertiary/aromatic N) is 3. The van der Waals surface area contributed by atoms with Gasteiger partial charge in [-0.1, -0.05) is 20.3 Å². The van der Waals surface area contributed by atoms with E-state index in [4.69, 9.17) is 4.74 Å². The van der Waals surface area contributed by atoms with Crippen molar-refractivity contribution in [1.82, 2.24) is 14.9 Å². The average molecular weight is 293 g/mol. The van der Waals surface area contributed by atoms with Crippen molar-refractivity contribution in [3.8, 4) is 5.75 Å². The minimum atomic E-state index is -1.08. The number of rotatable bonds is 6. The van der Waals surface area contributed by atoms with E-state index in [-0.39, 0.29) is 17.4 Å². The van der Waals surface area contributed by atoms with E-state index < -0.39 is 5.97 Å². The molecule has 0 aliphatic carbocycles. The zero-order valence-electron chi connectivity index (χ0n) is 12.7. The molecule has 1 saturated heterocycles. The standard InChI is InChI=1S/C15H23N3O3/c1-11(2)14-16-10-12(13(17-14)15(19)20)21-9-8-18-6-4-3-5-7-18/h10-11H,3-9H2,1-2H3,(H,19,20). The molecule has 0 bridgehead atoms. The number of carboxylic acid groups (broad SMARTS) is 1. The second-order valence-electron chi connectivity index (χ2n) is 5.65. The summed E-state index contributed by atoms with van der Waals surface area (Å²) in [7, 11) is 0. The Hall–Kier alpha value is -1.69. The van der Waals surface area contributed by atoms with E-state index in [1.165, 1.54) is 25.5 Å². The van der Waals surface area contributed by atoms with Gasteiger partial charge in [0.15, 0.2) is 11.4 Å². The smallest absolute Gasteiger partial charge is 0.358 e. The van der Waals surface area contributed by atoms with Crippen LogP contribution in [0.5, 0.6) is 5.75 Å². The second kappa shape index (κ2) is 7.36. The number of ether oxygens (including phenoxy) is 1. The molecule has 0 atom stereocenters. The molecule has 6 nitrogen and oxygen atoms in total. The highest BCUT2D eigenvalue weighted by Gasteiger charge is 2.17. The van der Waals surface area contributed by atoms with E-state index >= 15 is 0 Å². The van der Waals surface area contributed by atoms with Crippen molar-refractivity contribution in [3.63, 3.8) is 0 Å². The van der Waals surface area contributed by atoms with Gasteiger partial charge >= 0.3 is 5.97 Å². The summed E-state index contributed by atoms with van der Waals surface area (Å²) in [6.07, 6.45) is 5.23.